The van der Waals surface area contributed by atoms with E-state index >= 15 is 0 Å². The number of hydrogen-bond donors (Lipinski definition) is 5. The Labute approximate surface area is 165 Å². The molecular formula is C19H30N6O3. The number of carboxylic acid groups (broad SMARTS) is 1. The molecule has 3 rings (SSSR count). The van der Waals surface area contributed by atoms with Crippen molar-refractivity contribution >= 4 is 17.7 Å². The molecule has 3 heterocycles. The number of primary amides is 1. The largest absolute Gasteiger partial charge is 0.480 e. The summed E-state index contributed by atoms with van der Waals surface area (Å²) in [5.41, 5.74) is 10.7. The first-order chi connectivity index (χ1) is 13.1. The maximum atomic E-state index is 11.3. The lowest BCUT2D eigenvalue weighted by Crippen LogP contribution is -2.61. The van der Waals surface area contributed by atoms with Crippen LogP contribution in [0.1, 0.15) is 55.6 Å². The van der Waals surface area contributed by atoms with E-state index < -0.39 is 11.9 Å². The summed E-state index contributed by atoms with van der Waals surface area (Å²) in [4.78, 5) is 27.8. The standard InChI is InChI=1S/C12H22N2O2.C7H8N4O/c1-9-7-10(11(15)16)14(8-9)12(2)5-3-4-6-13-12;8-6(9)5-2-1-4(3-11-5)7(10)12/h9-10,13H,3-8H2,1-2H3,(H,15,16);1-3H,(H3,8,9)(H2,10,12)/t9?,10-,12?;/m0./s1. The first-order valence-corrected chi connectivity index (χ1v) is 9.49. The van der Waals surface area contributed by atoms with Crippen molar-refractivity contribution in [3.05, 3.63) is 29.6 Å². The summed E-state index contributed by atoms with van der Waals surface area (Å²) >= 11 is 0. The van der Waals surface area contributed by atoms with Gasteiger partial charge in [0.15, 0.2) is 0 Å². The highest BCUT2D eigenvalue weighted by molar-refractivity contribution is 5.95. The second kappa shape index (κ2) is 9.11. The minimum absolute atomic E-state index is 0.105. The number of rotatable bonds is 4. The van der Waals surface area contributed by atoms with Crippen LogP contribution in [0.4, 0.5) is 0 Å². The fraction of sp³-hybridized carbons (Fsp3) is 0.579. The Morgan fingerprint density at radius 2 is 2.07 bits per heavy atom. The molecule has 28 heavy (non-hydrogen) atoms. The third kappa shape index (κ3) is 5.26. The monoisotopic (exact) mass is 390 g/mol. The average molecular weight is 390 g/mol. The van der Waals surface area contributed by atoms with Gasteiger partial charge in [0.05, 0.1) is 11.2 Å². The summed E-state index contributed by atoms with van der Waals surface area (Å²) in [5.74, 6) is -0.858. The van der Waals surface area contributed by atoms with Crippen molar-refractivity contribution in [2.75, 3.05) is 13.1 Å². The van der Waals surface area contributed by atoms with Gasteiger partial charge in [-0.25, -0.2) is 0 Å². The Hall–Kier alpha value is -2.52. The topological polar surface area (TPSA) is 158 Å². The number of carboxylic acids is 1. The van der Waals surface area contributed by atoms with Gasteiger partial charge >= 0.3 is 5.97 Å². The molecule has 2 aliphatic heterocycles. The molecule has 3 atom stereocenters. The van der Waals surface area contributed by atoms with E-state index in [0.29, 0.717) is 17.2 Å². The molecule has 0 saturated carbocycles. The highest BCUT2D eigenvalue weighted by Crippen LogP contribution is 2.33. The molecule has 7 N–H and O–H groups in total. The van der Waals surface area contributed by atoms with E-state index in [1.54, 1.807) is 0 Å². The van der Waals surface area contributed by atoms with Crippen LogP contribution in [-0.4, -0.2) is 57.5 Å². The SMILES string of the molecule is CC1C[C@@H](C(=O)O)N(C2(C)CCCCN2)C1.N=C(N)c1ccc(C(N)=O)cn1. The second-order valence-corrected chi connectivity index (χ2v) is 7.72. The molecule has 1 aromatic rings. The first-order valence-electron chi connectivity index (χ1n) is 9.49. The summed E-state index contributed by atoms with van der Waals surface area (Å²) < 4.78 is 0. The van der Waals surface area contributed by atoms with Crippen LogP contribution in [0.3, 0.4) is 0 Å². The number of hydrogen-bond acceptors (Lipinski definition) is 6. The maximum Gasteiger partial charge on any atom is 0.320 e. The highest BCUT2D eigenvalue weighted by atomic mass is 16.4. The molecule has 9 nitrogen and oxygen atoms in total. The molecule has 0 aromatic carbocycles. The number of nitrogens with two attached hydrogens (primary N) is 2. The number of amidine groups is 1. The number of carbonyl (C=O) groups excluding carboxylic acids is 1. The first kappa shape index (κ1) is 21.8. The van der Waals surface area contributed by atoms with Crippen LogP contribution in [-0.2, 0) is 4.79 Å². The van der Waals surface area contributed by atoms with E-state index in [2.05, 4.69) is 29.0 Å². The van der Waals surface area contributed by atoms with E-state index in [1.165, 1.54) is 31.2 Å². The fourth-order valence-electron chi connectivity index (χ4n) is 3.81. The quantitative estimate of drug-likeness (QED) is 0.374. The zero-order chi connectivity index (χ0) is 20.9. The summed E-state index contributed by atoms with van der Waals surface area (Å²) in [6.45, 7) is 6.20. The van der Waals surface area contributed by atoms with Crippen LogP contribution < -0.4 is 16.8 Å². The Morgan fingerprint density at radius 3 is 2.54 bits per heavy atom. The number of nitrogens with one attached hydrogen (secondary N) is 2. The van der Waals surface area contributed by atoms with Gasteiger partial charge in [0.25, 0.3) is 0 Å². The molecule has 1 amide bonds. The number of amides is 1. The van der Waals surface area contributed by atoms with Crippen molar-refractivity contribution in [2.45, 2.75) is 51.2 Å². The molecule has 1 aromatic heterocycles. The van der Waals surface area contributed by atoms with E-state index in [-0.39, 0.29) is 17.5 Å². The van der Waals surface area contributed by atoms with Crippen molar-refractivity contribution in [3.63, 3.8) is 0 Å². The average Bonchev–Trinajstić information content (AvgIpc) is 3.06. The Morgan fingerprint density at radius 1 is 1.36 bits per heavy atom. The van der Waals surface area contributed by atoms with E-state index in [0.717, 1.165) is 25.9 Å². The summed E-state index contributed by atoms with van der Waals surface area (Å²) in [6, 6.07) is 2.65. The summed E-state index contributed by atoms with van der Waals surface area (Å²) in [7, 11) is 0. The summed E-state index contributed by atoms with van der Waals surface area (Å²) in [6.07, 6.45) is 5.53. The molecule has 2 aliphatic rings. The zero-order valence-corrected chi connectivity index (χ0v) is 16.4. The van der Waals surface area contributed by atoms with Gasteiger partial charge in [-0.05, 0) is 57.2 Å². The fourth-order valence-corrected chi connectivity index (χ4v) is 3.81. The van der Waals surface area contributed by atoms with Crippen molar-refractivity contribution in [2.24, 2.45) is 17.4 Å². The molecule has 2 saturated heterocycles. The van der Waals surface area contributed by atoms with E-state index in [1.807, 2.05) is 0 Å². The van der Waals surface area contributed by atoms with Crippen LogP contribution in [0.25, 0.3) is 0 Å². The van der Waals surface area contributed by atoms with Gasteiger partial charge < -0.3 is 16.6 Å². The van der Waals surface area contributed by atoms with Crippen LogP contribution in [0.15, 0.2) is 18.3 Å². The number of pyridine rings is 1. The third-order valence-corrected chi connectivity index (χ3v) is 5.35. The minimum Gasteiger partial charge on any atom is -0.480 e. The Bertz CT molecular complexity index is 682. The van der Waals surface area contributed by atoms with Crippen LogP contribution >= 0.6 is 0 Å². The van der Waals surface area contributed by atoms with Gasteiger partial charge in [0, 0.05) is 12.7 Å². The Balaban J connectivity index is 0.000000209. The molecule has 2 fully saturated rings. The van der Waals surface area contributed by atoms with Gasteiger partial charge in [0.2, 0.25) is 5.91 Å². The lowest BCUT2D eigenvalue weighted by Gasteiger charge is -2.44. The molecular weight excluding hydrogens is 360 g/mol. The van der Waals surface area contributed by atoms with Gasteiger partial charge in [-0.2, -0.15) is 0 Å². The van der Waals surface area contributed by atoms with Crippen molar-refractivity contribution in [3.8, 4) is 0 Å². The molecule has 0 aliphatic carbocycles. The van der Waals surface area contributed by atoms with Crippen LogP contribution in [0.5, 0.6) is 0 Å². The third-order valence-electron chi connectivity index (χ3n) is 5.35. The number of carbonyl (C=O) groups is 2. The normalized spacial score (nSPS) is 27.5. The van der Waals surface area contributed by atoms with Gasteiger partial charge in [0.1, 0.15) is 17.6 Å². The van der Waals surface area contributed by atoms with E-state index in [4.69, 9.17) is 16.9 Å². The molecule has 0 radical (unpaired) electrons. The molecule has 154 valence electrons. The van der Waals surface area contributed by atoms with Crippen LogP contribution in [0.2, 0.25) is 0 Å². The predicted octanol–water partition coefficient (Wildman–Crippen LogP) is 0.736. The van der Waals surface area contributed by atoms with Crippen molar-refractivity contribution in [1.29, 1.82) is 5.41 Å². The highest BCUT2D eigenvalue weighted by Gasteiger charge is 2.45. The van der Waals surface area contributed by atoms with Gasteiger partial charge in [-0.3, -0.25) is 30.2 Å². The maximum absolute atomic E-state index is 11.3. The number of nitrogens with zero attached hydrogens (tertiary/aromatic N) is 2. The van der Waals surface area contributed by atoms with Gasteiger partial charge in [-0.1, -0.05) is 6.92 Å². The van der Waals surface area contributed by atoms with Gasteiger partial charge in [-0.15, -0.1) is 0 Å². The minimum atomic E-state index is -0.669. The summed E-state index contributed by atoms with van der Waals surface area (Å²) in [5, 5.41) is 19.8. The van der Waals surface area contributed by atoms with Crippen molar-refractivity contribution < 1.29 is 14.7 Å². The second-order valence-electron chi connectivity index (χ2n) is 7.72. The molecule has 0 spiro atoms. The predicted molar refractivity (Wildman–Crippen MR) is 106 cm³/mol. The lowest BCUT2D eigenvalue weighted by molar-refractivity contribution is -0.145. The number of aliphatic carboxylic acids is 1. The molecule has 0 bridgehead atoms. The van der Waals surface area contributed by atoms with E-state index in [9.17, 15) is 14.7 Å². The van der Waals surface area contributed by atoms with Crippen molar-refractivity contribution in [1.82, 2.24) is 15.2 Å². The number of piperidine rings is 1. The lowest BCUT2D eigenvalue weighted by atomic mass is 9.97. The smallest absolute Gasteiger partial charge is 0.320 e. The molecule has 9 heteroatoms. The Kier molecular flexibility index (Phi) is 7.09. The molecule has 2 unspecified atom stereocenters. The number of likely N-dealkylation sites (tertiary alicyclic amines) is 1. The van der Waals surface area contributed by atoms with Crippen LogP contribution in [0, 0.1) is 11.3 Å². The number of aromatic nitrogens is 1. The zero-order valence-electron chi connectivity index (χ0n) is 16.4. The number of nitrogen functional groups attached to an aromatic ring is 1.